The summed E-state index contributed by atoms with van der Waals surface area (Å²) in [7, 11) is -3.77. The number of ketones is 2. The molecule has 0 radical (unpaired) electrons. The van der Waals surface area contributed by atoms with Crippen LogP contribution in [0.2, 0.25) is 0 Å². The predicted octanol–water partition coefficient (Wildman–Crippen LogP) is 0.0593. The summed E-state index contributed by atoms with van der Waals surface area (Å²) in [6.07, 6.45) is -3.65. The minimum absolute atomic E-state index is 0.0202. The first-order valence-electron chi connectivity index (χ1n) is 8.54. The number of sulfone groups is 1. The van der Waals surface area contributed by atoms with Gasteiger partial charge in [-0.3, -0.25) is 19.2 Å². The molecule has 1 aliphatic carbocycles. The Hall–Kier alpha value is -2.96. The zero-order chi connectivity index (χ0) is 21.6. The van der Waals surface area contributed by atoms with Gasteiger partial charge in [0.05, 0.1) is 17.2 Å². The highest BCUT2D eigenvalue weighted by Gasteiger charge is 2.36. The van der Waals surface area contributed by atoms with Crippen molar-refractivity contribution in [1.82, 2.24) is 5.06 Å². The van der Waals surface area contributed by atoms with Gasteiger partial charge in [0, 0.05) is 19.3 Å². The maximum atomic E-state index is 11.8. The lowest BCUT2D eigenvalue weighted by Gasteiger charge is -2.15. The van der Waals surface area contributed by atoms with Crippen LogP contribution in [0.1, 0.15) is 25.7 Å². The zero-order valence-corrected chi connectivity index (χ0v) is 16.1. The summed E-state index contributed by atoms with van der Waals surface area (Å²) in [5.74, 6) is -2.74. The summed E-state index contributed by atoms with van der Waals surface area (Å²) in [5, 5.41) is 0.691. The van der Waals surface area contributed by atoms with Crippen LogP contribution in [0, 0.1) is 0 Å². The molecule has 2 rings (SSSR count). The molecule has 0 atom stereocenters. The lowest BCUT2D eigenvalue weighted by Crippen LogP contribution is -2.30. The molecule has 0 bridgehead atoms. The quantitative estimate of drug-likeness (QED) is 0.376. The largest absolute Gasteiger partial charge is 0.533 e. The number of allylic oxidation sites excluding steroid dienone is 1. The zero-order valence-electron chi connectivity index (χ0n) is 15.3. The molecule has 0 spiro atoms. The molecule has 29 heavy (non-hydrogen) atoms. The standard InChI is InChI=1S/C16H19NO11S/c1-10-2-5-13(20)17(10)28-16(22)26-7-9-29(23,24)8-6-25-15(21)27-14-11(18)3-4-12(14)19/h14H,1-9H2. The van der Waals surface area contributed by atoms with Crippen molar-refractivity contribution < 1.29 is 51.4 Å². The average molecular weight is 433 g/mol. The maximum absolute atomic E-state index is 11.8. The predicted molar refractivity (Wildman–Crippen MR) is 91.8 cm³/mol. The van der Waals surface area contributed by atoms with Crippen molar-refractivity contribution in [3.05, 3.63) is 12.3 Å². The van der Waals surface area contributed by atoms with Gasteiger partial charge < -0.3 is 14.2 Å². The van der Waals surface area contributed by atoms with Crippen molar-refractivity contribution in [3.63, 3.8) is 0 Å². The summed E-state index contributed by atoms with van der Waals surface area (Å²) < 4.78 is 37.4. The van der Waals surface area contributed by atoms with E-state index in [9.17, 15) is 32.4 Å². The number of carbonyl (C=O) groups excluding carboxylic acids is 5. The van der Waals surface area contributed by atoms with Crippen LogP contribution in [0.15, 0.2) is 12.3 Å². The molecule has 1 heterocycles. The molecule has 160 valence electrons. The number of hydrogen-bond donors (Lipinski definition) is 0. The Morgan fingerprint density at radius 1 is 0.931 bits per heavy atom. The smallest absolute Gasteiger partial charge is 0.433 e. The molecule has 1 amide bonds. The first kappa shape index (κ1) is 22.3. The molecule has 0 aromatic carbocycles. The molecule has 2 aliphatic rings. The lowest BCUT2D eigenvalue weighted by atomic mass is 10.3. The molecule has 1 aliphatic heterocycles. The van der Waals surface area contributed by atoms with E-state index in [1.165, 1.54) is 0 Å². The highest BCUT2D eigenvalue weighted by Crippen LogP contribution is 2.21. The van der Waals surface area contributed by atoms with E-state index < -0.39 is 70.4 Å². The highest BCUT2D eigenvalue weighted by molar-refractivity contribution is 7.91. The minimum Gasteiger partial charge on any atom is -0.433 e. The summed E-state index contributed by atoms with van der Waals surface area (Å²) in [5.41, 5.74) is 0.282. The minimum atomic E-state index is -3.77. The Labute approximate surface area is 165 Å². The Bertz CT molecular complexity index is 738. The van der Waals surface area contributed by atoms with Crippen LogP contribution in [0.3, 0.4) is 0 Å². The van der Waals surface area contributed by atoms with Crippen LogP contribution in [0.4, 0.5) is 9.59 Å². The van der Waals surface area contributed by atoms with Gasteiger partial charge in [0.25, 0.3) is 5.91 Å². The molecule has 12 nitrogen and oxygen atoms in total. The van der Waals surface area contributed by atoms with Crippen LogP contribution in [0.5, 0.6) is 0 Å². The molecule has 2 fully saturated rings. The third kappa shape index (κ3) is 6.55. The fourth-order valence-electron chi connectivity index (χ4n) is 2.40. The van der Waals surface area contributed by atoms with Gasteiger partial charge in [-0.25, -0.2) is 18.0 Å². The second-order valence-corrected chi connectivity index (χ2v) is 8.43. The molecule has 1 saturated carbocycles. The highest BCUT2D eigenvalue weighted by atomic mass is 32.2. The first-order valence-corrected chi connectivity index (χ1v) is 10.4. The maximum Gasteiger partial charge on any atom is 0.533 e. The van der Waals surface area contributed by atoms with Gasteiger partial charge in [-0.15, -0.1) is 5.06 Å². The van der Waals surface area contributed by atoms with E-state index in [1.807, 2.05) is 0 Å². The second-order valence-electron chi connectivity index (χ2n) is 6.12. The van der Waals surface area contributed by atoms with Crippen LogP contribution < -0.4 is 0 Å². The number of rotatable bonds is 8. The van der Waals surface area contributed by atoms with Crippen molar-refractivity contribution in [1.29, 1.82) is 0 Å². The summed E-state index contributed by atoms with van der Waals surface area (Å²) in [6.45, 7) is 2.40. The van der Waals surface area contributed by atoms with E-state index in [-0.39, 0.29) is 25.0 Å². The Morgan fingerprint density at radius 2 is 1.48 bits per heavy atom. The van der Waals surface area contributed by atoms with E-state index in [1.54, 1.807) is 0 Å². The molecular formula is C16H19NO11S. The van der Waals surface area contributed by atoms with Gasteiger partial charge in [0.2, 0.25) is 6.10 Å². The van der Waals surface area contributed by atoms with E-state index in [2.05, 4.69) is 25.6 Å². The number of Topliss-reactive ketones (excluding diaryl/α,β-unsaturated/α-hetero) is 2. The number of hydroxylamine groups is 2. The lowest BCUT2D eigenvalue weighted by molar-refractivity contribution is -0.157. The number of carbonyl (C=O) groups is 5. The summed E-state index contributed by atoms with van der Waals surface area (Å²) in [6, 6.07) is 0. The Morgan fingerprint density at radius 3 is 2.00 bits per heavy atom. The number of amides is 1. The van der Waals surface area contributed by atoms with E-state index >= 15 is 0 Å². The van der Waals surface area contributed by atoms with Gasteiger partial charge in [0.1, 0.15) is 13.2 Å². The number of hydrogen-bond acceptors (Lipinski definition) is 11. The molecule has 0 aromatic heterocycles. The fourth-order valence-corrected chi connectivity index (χ4v) is 3.28. The Kier molecular flexibility index (Phi) is 7.31. The third-order valence-corrected chi connectivity index (χ3v) is 5.53. The van der Waals surface area contributed by atoms with Gasteiger partial charge in [-0.2, -0.15) is 0 Å². The van der Waals surface area contributed by atoms with Gasteiger partial charge in [0.15, 0.2) is 21.4 Å². The van der Waals surface area contributed by atoms with Crippen molar-refractivity contribution in [2.75, 3.05) is 24.7 Å². The van der Waals surface area contributed by atoms with Crippen LogP contribution in [-0.2, 0) is 43.3 Å². The van der Waals surface area contributed by atoms with Gasteiger partial charge in [-0.1, -0.05) is 6.58 Å². The number of nitrogens with zero attached hydrogens (tertiary/aromatic N) is 1. The van der Waals surface area contributed by atoms with Crippen molar-refractivity contribution >= 4 is 39.6 Å². The van der Waals surface area contributed by atoms with Crippen LogP contribution in [0.25, 0.3) is 0 Å². The fraction of sp³-hybridized carbons (Fsp3) is 0.562. The normalized spacial score (nSPS) is 17.6. The summed E-state index contributed by atoms with van der Waals surface area (Å²) in [4.78, 5) is 61.6. The van der Waals surface area contributed by atoms with Crippen molar-refractivity contribution in [3.8, 4) is 0 Å². The monoisotopic (exact) mass is 433 g/mol. The molecule has 0 aromatic rings. The van der Waals surface area contributed by atoms with Crippen LogP contribution in [-0.4, -0.2) is 74.1 Å². The van der Waals surface area contributed by atoms with Crippen molar-refractivity contribution in [2.24, 2.45) is 0 Å². The molecular weight excluding hydrogens is 414 g/mol. The molecule has 0 N–H and O–H groups in total. The van der Waals surface area contributed by atoms with E-state index in [0.717, 1.165) is 0 Å². The summed E-state index contributed by atoms with van der Waals surface area (Å²) >= 11 is 0. The van der Waals surface area contributed by atoms with Crippen LogP contribution >= 0.6 is 0 Å². The number of ether oxygens (including phenoxy) is 3. The van der Waals surface area contributed by atoms with Gasteiger partial charge in [-0.05, 0) is 6.42 Å². The first-order chi connectivity index (χ1) is 13.6. The van der Waals surface area contributed by atoms with Gasteiger partial charge >= 0.3 is 12.3 Å². The topological polar surface area (TPSA) is 160 Å². The third-order valence-electron chi connectivity index (χ3n) is 3.95. The van der Waals surface area contributed by atoms with Crippen molar-refractivity contribution in [2.45, 2.75) is 31.8 Å². The molecule has 1 saturated heterocycles. The molecule has 0 unspecified atom stereocenters. The SMILES string of the molecule is C=C1CCC(=O)N1OC(=O)OCCS(=O)(=O)CCOC(=O)OC1C(=O)CCC1=O. The van der Waals surface area contributed by atoms with E-state index in [0.29, 0.717) is 11.5 Å². The van der Waals surface area contributed by atoms with E-state index in [4.69, 9.17) is 0 Å². The second kappa shape index (κ2) is 9.49. The molecule has 13 heteroatoms. The Balaban J connectivity index is 1.64. The average Bonchev–Trinajstić information content (AvgIpc) is 3.11.